The molecule has 4 nitrogen and oxygen atoms in total. The van der Waals surface area contributed by atoms with E-state index in [0.717, 1.165) is 49.2 Å². The van der Waals surface area contributed by atoms with Crippen LogP contribution in [0.15, 0.2) is 17.0 Å². The van der Waals surface area contributed by atoms with Gasteiger partial charge >= 0.3 is 0 Å². The standard InChI is InChI=1S/C16H26N2O2S/c1-5-18-8-6-15(7-9-18)17-21(19,20)16-13(3)10-12(2)11-14(16)4/h10-11,15,17H,5-9H2,1-4H3. The molecule has 1 aliphatic rings. The summed E-state index contributed by atoms with van der Waals surface area (Å²) < 4.78 is 28.3. The third kappa shape index (κ3) is 3.84. The molecule has 1 fully saturated rings. The van der Waals surface area contributed by atoms with Gasteiger partial charge in [-0.25, -0.2) is 13.1 Å². The number of aryl methyl sites for hydroxylation is 3. The monoisotopic (exact) mass is 310 g/mol. The first-order valence-corrected chi connectivity index (χ1v) is 9.14. The Balaban J connectivity index is 2.16. The second-order valence-electron chi connectivity index (χ2n) is 6.06. The van der Waals surface area contributed by atoms with Gasteiger partial charge in [0.2, 0.25) is 10.0 Å². The average molecular weight is 310 g/mol. The van der Waals surface area contributed by atoms with Gasteiger partial charge in [0.05, 0.1) is 4.90 Å². The summed E-state index contributed by atoms with van der Waals surface area (Å²) in [6, 6.07) is 3.92. The van der Waals surface area contributed by atoms with Crippen molar-refractivity contribution in [2.45, 2.75) is 51.5 Å². The van der Waals surface area contributed by atoms with Crippen LogP contribution in [0.25, 0.3) is 0 Å². The van der Waals surface area contributed by atoms with Crippen LogP contribution in [0.1, 0.15) is 36.5 Å². The fourth-order valence-electron chi connectivity index (χ4n) is 3.24. The van der Waals surface area contributed by atoms with Crippen molar-refractivity contribution < 1.29 is 8.42 Å². The Kier molecular flexibility index (Phi) is 5.07. The lowest BCUT2D eigenvalue weighted by Crippen LogP contribution is -2.44. The third-order valence-corrected chi connectivity index (χ3v) is 6.06. The highest BCUT2D eigenvalue weighted by atomic mass is 32.2. The second-order valence-corrected chi connectivity index (χ2v) is 7.71. The van der Waals surface area contributed by atoms with Crippen LogP contribution in [-0.4, -0.2) is 39.0 Å². The summed E-state index contributed by atoms with van der Waals surface area (Å²) in [5, 5.41) is 0. The van der Waals surface area contributed by atoms with Crippen molar-refractivity contribution >= 4 is 10.0 Å². The topological polar surface area (TPSA) is 49.4 Å². The quantitative estimate of drug-likeness (QED) is 0.929. The van der Waals surface area contributed by atoms with Gasteiger partial charge in [-0.3, -0.25) is 0 Å². The lowest BCUT2D eigenvalue weighted by molar-refractivity contribution is 0.217. The van der Waals surface area contributed by atoms with Crippen molar-refractivity contribution in [1.29, 1.82) is 0 Å². The molecule has 0 radical (unpaired) electrons. The Morgan fingerprint density at radius 1 is 1.14 bits per heavy atom. The van der Waals surface area contributed by atoms with E-state index in [-0.39, 0.29) is 6.04 Å². The number of hydrogen-bond donors (Lipinski definition) is 1. The van der Waals surface area contributed by atoms with Gasteiger partial charge in [-0.2, -0.15) is 0 Å². The summed E-state index contributed by atoms with van der Waals surface area (Å²) in [5.41, 5.74) is 2.75. The van der Waals surface area contributed by atoms with Crippen LogP contribution < -0.4 is 4.72 Å². The van der Waals surface area contributed by atoms with Crippen LogP contribution in [0.5, 0.6) is 0 Å². The molecule has 118 valence electrons. The maximum absolute atomic E-state index is 12.7. The Morgan fingerprint density at radius 2 is 1.67 bits per heavy atom. The number of benzene rings is 1. The highest BCUT2D eigenvalue weighted by molar-refractivity contribution is 7.89. The number of nitrogens with zero attached hydrogens (tertiary/aromatic N) is 1. The fourth-order valence-corrected chi connectivity index (χ4v) is 4.99. The second kappa shape index (κ2) is 6.46. The van der Waals surface area contributed by atoms with Crippen molar-refractivity contribution in [3.05, 3.63) is 28.8 Å². The molecular weight excluding hydrogens is 284 g/mol. The number of likely N-dealkylation sites (tertiary alicyclic amines) is 1. The lowest BCUT2D eigenvalue weighted by Gasteiger charge is -2.31. The first kappa shape index (κ1) is 16.5. The van der Waals surface area contributed by atoms with E-state index in [1.807, 2.05) is 32.9 Å². The Bertz CT molecular complexity index is 580. The van der Waals surface area contributed by atoms with Crippen LogP contribution in [0.2, 0.25) is 0 Å². The molecule has 0 aliphatic carbocycles. The number of hydrogen-bond acceptors (Lipinski definition) is 3. The summed E-state index contributed by atoms with van der Waals surface area (Å²) >= 11 is 0. The average Bonchev–Trinajstić information content (AvgIpc) is 2.37. The van der Waals surface area contributed by atoms with E-state index in [9.17, 15) is 8.42 Å². The van der Waals surface area contributed by atoms with Crippen LogP contribution >= 0.6 is 0 Å². The maximum atomic E-state index is 12.7. The van der Waals surface area contributed by atoms with Gasteiger partial charge in [-0.1, -0.05) is 24.6 Å². The van der Waals surface area contributed by atoms with Gasteiger partial charge in [0.1, 0.15) is 0 Å². The fraction of sp³-hybridized carbons (Fsp3) is 0.625. The molecule has 5 heteroatoms. The molecule has 1 aliphatic heterocycles. The molecule has 0 atom stereocenters. The van der Waals surface area contributed by atoms with E-state index in [1.54, 1.807) is 0 Å². The molecule has 1 aromatic carbocycles. The van der Waals surface area contributed by atoms with Crippen molar-refractivity contribution in [3.8, 4) is 0 Å². The normalized spacial score (nSPS) is 18.1. The minimum atomic E-state index is -3.43. The lowest BCUT2D eigenvalue weighted by atomic mass is 10.1. The van der Waals surface area contributed by atoms with Crippen molar-refractivity contribution in [3.63, 3.8) is 0 Å². The van der Waals surface area contributed by atoms with E-state index < -0.39 is 10.0 Å². The zero-order chi connectivity index (χ0) is 15.6. The van der Waals surface area contributed by atoms with Gasteiger partial charge in [0.15, 0.2) is 0 Å². The predicted octanol–water partition coefficient (Wildman–Crippen LogP) is 2.37. The number of nitrogens with one attached hydrogen (secondary N) is 1. The first-order valence-electron chi connectivity index (χ1n) is 7.66. The maximum Gasteiger partial charge on any atom is 0.241 e. The van der Waals surface area contributed by atoms with Crippen molar-refractivity contribution in [2.24, 2.45) is 0 Å². The Morgan fingerprint density at radius 3 is 2.14 bits per heavy atom. The van der Waals surface area contributed by atoms with Gasteiger partial charge < -0.3 is 4.90 Å². The molecule has 0 saturated carbocycles. The minimum Gasteiger partial charge on any atom is -0.303 e. The number of rotatable bonds is 4. The van der Waals surface area contributed by atoms with Gasteiger partial charge in [0, 0.05) is 6.04 Å². The van der Waals surface area contributed by atoms with E-state index in [0.29, 0.717) is 4.90 Å². The molecule has 2 rings (SSSR count). The van der Waals surface area contributed by atoms with Crippen LogP contribution in [-0.2, 0) is 10.0 Å². The van der Waals surface area contributed by atoms with E-state index in [2.05, 4.69) is 16.5 Å². The molecule has 0 spiro atoms. The summed E-state index contributed by atoms with van der Waals surface area (Å²) in [6.07, 6.45) is 1.77. The van der Waals surface area contributed by atoms with Gasteiger partial charge in [-0.05, 0) is 64.4 Å². The first-order chi connectivity index (χ1) is 9.83. The Labute approximate surface area is 128 Å². The van der Waals surface area contributed by atoms with Crippen molar-refractivity contribution in [1.82, 2.24) is 9.62 Å². The molecule has 21 heavy (non-hydrogen) atoms. The molecule has 1 saturated heterocycles. The summed E-state index contributed by atoms with van der Waals surface area (Å²) in [5.74, 6) is 0. The number of sulfonamides is 1. The molecular formula is C16H26N2O2S. The molecule has 1 heterocycles. The highest BCUT2D eigenvalue weighted by Gasteiger charge is 2.26. The van der Waals surface area contributed by atoms with E-state index in [4.69, 9.17) is 0 Å². The molecule has 0 unspecified atom stereocenters. The smallest absolute Gasteiger partial charge is 0.241 e. The largest absolute Gasteiger partial charge is 0.303 e. The predicted molar refractivity (Wildman–Crippen MR) is 86.1 cm³/mol. The highest BCUT2D eigenvalue weighted by Crippen LogP contribution is 2.23. The molecule has 0 amide bonds. The zero-order valence-corrected chi connectivity index (χ0v) is 14.3. The molecule has 1 aromatic rings. The van der Waals surface area contributed by atoms with Crippen LogP contribution in [0.3, 0.4) is 0 Å². The van der Waals surface area contributed by atoms with E-state index >= 15 is 0 Å². The van der Waals surface area contributed by atoms with Crippen LogP contribution in [0.4, 0.5) is 0 Å². The third-order valence-electron chi connectivity index (χ3n) is 4.23. The minimum absolute atomic E-state index is 0.0536. The summed E-state index contributed by atoms with van der Waals surface area (Å²) in [4.78, 5) is 2.80. The molecule has 0 bridgehead atoms. The van der Waals surface area contributed by atoms with E-state index in [1.165, 1.54) is 0 Å². The molecule has 1 N–H and O–H groups in total. The van der Waals surface area contributed by atoms with Gasteiger partial charge in [-0.15, -0.1) is 0 Å². The zero-order valence-electron chi connectivity index (χ0n) is 13.4. The number of piperidine rings is 1. The molecule has 0 aromatic heterocycles. The summed E-state index contributed by atoms with van der Waals surface area (Å²) in [6.45, 7) is 10.8. The van der Waals surface area contributed by atoms with Crippen LogP contribution in [0, 0.1) is 20.8 Å². The van der Waals surface area contributed by atoms with Gasteiger partial charge in [0.25, 0.3) is 0 Å². The Hall–Kier alpha value is -0.910. The summed E-state index contributed by atoms with van der Waals surface area (Å²) in [7, 11) is -3.43. The SMILES string of the molecule is CCN1CCC(NS(=O)(=O)c2c(C)cc(C)cc2C)CC1. The van der Waals surface area contributed by atoms with Crippen molar-refractivity contribution in [2.75, 3.05) is 19.6 Å².